The molecule has 1 heterocycles. The fraction of sp³-hybridized carbons (Fsp3) is 0.316. The summed E-state index contributed by atoms with van der Waals surface area (Å²) in [6.45, 7) is 4.24. The quantitative estimate of drug-likeness (QED) is 0.888. The molecule has 2 aromatic carbocycles. The molecule has 23 heavy (non-hydrogen) atoms. The lowest BCUT2D eigenvalue weighted by Crippen LogP contribution is -2.26. The van der Waals surface area contributed by atoms with Gasteiger partial charge in [-0.1, -0.05) is 30.3 Å². The van der Waals surface area contributed by atoms with Crippen molar-refractivity contribution < 1.29 is 9.53 Å². The summed E-state index contributed by atoms with van der Waals surface area (Å²) in [4.78, 5) is 14.5. The van der Waals surface area contributed by atoms with Gasteiger partial charge >= 0.3 is 0 Å². The van der Waals surface area contributed by atoms with Crippen molar-refractivity contribution in [3.8, 4) is 5.75 Å². The summed E-state index contributed by atoms with van der Waals surface area (Å²) in [5.74, 6) is 0.733. The zero-order valence-electron chi connectivity index (χ0n) is 13.4. The van der Waals surface area contributed by atoms with Crippen LogP contribution in [-0.4, -0.2) is 25.6 Å². The Labute approximate surface area is 137 Å². The number of fused-ring (bicyclic) bond motifs is 1. The van der Waals surface area contributed by atoms with E-state index in [1.165, 1.54) is 11.3 Å². The van der Waals surface area contributed by atoms with Crippen molar-refractivity contribution in [3.63, 3.8) is 0 Å². The average Bonchev–Trinajstić information content (AvgIpc) is 2.98. The highest BCUT2D eigenvalue weighted by Gasteiger charge is 2.18. The van der Waals surface area contributed by atoms with Crippen LogP contribution in [0.3, 0.4) is 0 Å². The second kappa shape index (κ2) is 7.18. The molecule has 120 valence electrons. The summed E-state index contributed by atoms with van der Waals surface area (Å²) >= 11 is 0. The van der Waals surface area contributed by atoms with Crippen molar-refractivity contribution in [3.05, 3.63) is 54.1 Å². The topological polar surface area (TPSA) is 41.6 Å². The monoisotopic (exact) mass is 310 g/mol. The Morgan fingerprint density at radius 1 is 1.17 bits per heavy atom. The van der Waals surface area contributed by atoms with E-state index in [0.29, 0.717) is 13.0 Å². The summed E-state index contributed by atoms with van der Waals surface area (Å²) in [6, 6.07) is 16.0. The highest BCUT2D eigenvalue weighted by molar-refractivity contribution is 5.92. The number of benzene rings is 2. The third-order valence-corrected chi connectivity index (χ3v) is 4.05. The SMILES string of the molecule is CCOc1ccccc1NC(=O)CCN1CCc2ccccc21. The van der Waals surface area contributed by atoms with Crippen LogP contribution >= 0.6 is 0 Å². The minimum atomic E-state index is 0.0153. The first-order valence-corrected chi connectivity index (χ1v) is 8.12. The van der Waals surface area contributed by atoms with Crippen LogP contribution in [-0.2, 0) is 11.2 Å². The molecule has 2 aromatic rings. The van der Waals surface area contributed by atoms with Gasteiger partial charge in [-0.05, 0) is 37.1 Å². The van der Waals surface area contributed by atoms with E-state index in [4.69, 9.17) is 4.74 Å². The molecule has 4 nitrogen and oxygen atoms in total. The molecule has 0 atom stereocenters. The number of hydrogen-bond acceptors (Lipinski definition) is 3. The minimum absolute atomic E-state index is 0.0153. The van der Waals surface area contributed by atoms with Gasteiger partial charge in [0, 0.05) is 25.2 Å². The molecule has 1 N–H and O–H groups in total. The molecule has 0 aliphatic carbocycles. The Morgan fingerprint density at radius 2 is 1.96 bits per heavy atom. The molecule has 3 rings (SSSR count). The maximum absolute atomic E-state index is 12.2. The first-order valence-electron chi connectivity index (χ1n) is 8.12. The average molecular weight is 310 g/mol. The highest BCUT2D eigenvalue weighted by Crippen LogP contribution is 2.27. The van der Waals surface area contributed by atoms with Gasteiger partial charge in [-0.25, -0.2) is 0 Å². The zero-order chi connectivity index (χ0) is 16.1. The molecule has 0 bridgehead atoms. The smallest absolute Gasteiger partial charge is 0.226 e. The maximum atomic E-state index is 12.2. The van der Waals surface area contributed by atoms with Gasteiger partial charge in [0.15, 0.2) is 0 Å². The van der Waals surface area contributed by atoms with Gasteiger partial charge in [-0.15, -0.1) is 0 Å². The molecule has 1 amide bonds. The van der Waals surface area contributed by atoms with Crippen LogP contribution in [0.5, 0.6) is 5.75 Å². The lowest BCUT2D eigenvalue weighted by atomic mass is 10.2. The number of nitrogens with zero attached hydrogens (tertiary/aromatic N) is 1. The normalized spacial score (nSPS) is 12.8. The minimum Gasteiger partial charge on any atom is -0.492 e. The third-order valence-electron chi connectivity index (χ3n) is 4.05. The predicted octanol–water partition coefficient (Wildman–Crippen LogP) is 3.48. The first-order chi connectivity index (χ1) is 11.3. The van der Waals surface area contributed by atoms with Gasteiger partial charge in [0.1, 0.15) is 5.75 Å². The van der Waals surface area contributed by atoms with Crippen LogP contribution in [0.25, 0.3) is 0 Å². The van der Waals surface area contributed by atoms with Crippen molar-refractivity contribution in [2.24, 2.45) is 0 Å². The molecule has 0 radical (unpaired) electrons. The van der Waals surface area contributed by atoms with Crippen molar-refractivity contribution in [1.29, 1.82) is 0 Å². The first kappa shape index (κ1) is 15.4. The number of amides is 1. The molecular formula is C19H22N2O2. The Kier molecular flexibility index (Phi) is 4.81. The second-order valence-corrected chi connectivity index (χ2v) is 5.59. The molecule has 0 spiro atoms. The fourth-order valence-electron chi connectivity index (χ4n) is 2.94. The number of anilines is 2. The van der Waals surface area contributed by atoms with Crippen LogP contribution < -0.4 is 15.0 Å². The van der Waals surface area contributed by atoms with E-state index in [1.807, 2.05) is 31.2 Å². The lowest BCUT2D eigenvalue weighted by Gasteiger charge is -2.19. The van der Waals surface area contributed by atoms with Crippen molar-refractivity contribution in [2.75, 3.05) is 29.9 Å². The number of para-hydroxylation sites is 3. The molecule has 1 aliphatic heterocycles. The molecule has 0 saturated carbocycles. The van der Waals surface area contributed by atoms with Gasteiger partial charge in [-0.2, -0.15) is 0 Å². The van der Waals surface area contributed by atoms with Crippen LogP contribution in [0.2, 0.25) is 0 Å². The number of rotatable bonds is 6. The van der Waals surface area contributed by atoms with Crippen LogP contribution in [0.1, 0.15) is 18.9 Å². The summed E-state index contributed by atoms with van der Waals surface area (Å²) in [5.41, 5.74) is 3.37. The molecule has 4 heteroatoms. The van der Waals surface area contributed by atoms with Crippen LogP contribution in [0.4, 0.5) is 11.4 Å². The molecule has 0 fully saturated rings. The third kappa shape index (κ3) is 3.65. The van der Waals surface area contributed by atoms with Gasteiger partial charge in [0.25, 0.3) is 0 Å². The van der Waals surface area contributed by atoms with Crippen LogP contribution in [0, 0.1) is 0 Å². The summed E-state index contributed by atoms with van der Waals surface area (Å²) in [6.07, 6.45) is 1.53. The maximum Gasteiger partial charge on any atom is 0.226 e. The Bertz CT molecular complexity index is 685. The standard InChI is InChI=1S/C19H22N2O2/c1-2-23-18-10-6-4-8-16(18)20-19(22)12-14-21-13-11-15-7-3-5-9-17(15)21/h3-10H,2,11-14H2,1H3,(H,20,22). The number of carbonyl (C=O) groups excluding carboxylic acids is 1. The summed E-state index contributed by atoms with van der Waals surface area (Å²) in [7, 11) is 0. The lowest BCUT2D eigenvalue weighted by molar-refractivity contribution is -0.116. The fourth-order valence-corrected chi connectivity index (χ4v) is 2.94. The largest absolute Gasteiger partial charge is 0.492 e. The van der Waals surface area contributed by atoms with Gasteiger partial charge in [-0.3, -0.25) is 4.79 Å². The highest BCUT2D eigenvalue weighted by atomic mass is 16.5. The molecule has 1 aliphatic rings. The van der Waals surface area contributed by atoms with Crippen molar-refractivity contribution in [1.82, 2.24) is 0 Å². The van der Waals surface area contributed by atoms with E-state index < -0.39 is 0 Å². The van der Waals surface area contributed by atoms with E-state index in [-0.39, 0.29) is 5.91 Å². The number of hydrogen-bond donors (Lipinski definition) is 1. The van der Waals surface area contributed by atoms with Gasteiger partial charge in [0.2, 0.25) is 5.91 Å². The number of nitrogens with one attached hydrogen (secondary N) is 1. The Hall–Kier alpha value is -2.49. The Morgan fingerprint density at radius 3 is 2.83 bits per heavy atom. The number of ether oxygens (including phenoxy) is 1. The van der Waals surface area contributed by atoms with Crippen LogP contribution in [0.15, 0.2) is 48.5 Å². The number of carbonyl (C=O) groups is 1. The summed E-state index contributed by atoms with van der Waals surface area (Å²) in [5, 5.41) is 2.95. The van der Waals surface area contributed by atoms with Crippen molar-refractivity contribution >= 4 is 17.3 Å². The van der Waals surface area contributed by atoms with Gasteiger partial charge < -0.3 is 15.0 Å². The zero-order valence-corrected chi connectivity index (χ0v) is 13.4. The van der Waals surface area contributed by atoms with Crippen molar-refractivity contribution in [2.45, 2.75) is 19.8 Å². The molecule has 0 unspecified atom stereocenters. The van der Waals surface area contributed by atoms with E-state index in [9.17, 15) is 4.79 Å². The van der Waals surface area contributed by atoms with E-state index in [2.05, 4.69) is 34.5 Å². The molecule has 0 saturated heterocycles. The molecular weight excluding hydrogens is 288 g/mol. The van der Waals surface area contributed by atoms with E-state index in [1.54, 1.807) is 0 Å². The predicted molar refractivity (Wildman–Crippen MR) is 93.2 cm³/mol. The summed E-state index contributed by atoms with van der Waals surface area (Å²) < 4.78 is 5.54. The van der Waals surface area contributed by atoms with Gasteiger partial charge in [0.05, 0.1) is 12.3 Å². The molecule has 0 aromatic heterocycles. The second-order valence-electron chi connectivity index (χ2n) is 5.59. The van der Waals surface area contributed by atoms with E-state index in [0.717, 1.165) is 30.9 Å². The Balaban J connectivity index is 1.57. The van der Waals surface area contributed by atoms with E-state index >= 15 is 0 Å².